The first-order chi connectivity index (χ1) is 8.74. The number of hydrogen-bond acceptors (Lipinski definition) is 4. The van der Waals surface area contributed by atoms with Crippen LogP contribution in [-0.2, 0) is 0 Å². The summed E-state index contributed by atoms with van der Waals surface area (Å²) in [7, 11) is 0. The largest absolute Gasteiger partial charge is 0.383 e. The van der Waals surface area contributed by atoms with Crippen LogP contribution in [0.5, 0.6) is 0 Å². The van der Waals surface area contributed by atoms with Gasteiger partial charge in [0.25, 0.3) is 0 Å². The van der Waals surface area contributed by atoms with Crippen LogP contribution in [0, 0.1) is 16.7 Å². The van der Waals surface area contributed by atoms with Gasteiger partial charge in [-0.2, -0.15) is 5.26 Å². The van der Waals surface area contributed by atoms with Crippen molar-refractivity contribution in [1.29, 1.82) is 5.26 Å². The summed E-state index contributed by atoms with van der Waals surface area (Å²) in [6, 6.07) is 8.30. The highest BCUT2D eigenvalue weighted by atomic mass is 32.2. The van der Waals surface area contributed by atoms with Crippen LogP contribution < -0.4 is 11.1 Å². The Morgan fingerprint density at radius 3 is 2.83 bits per heavy atom. The number of nitrogens with one attached hydrogen (secondary N) is 1. The average molecular weight is 261 g/mol. The van der Waals surface area contributed by atoms with E-state index in [-0.39, 0.29) is 5.41 Å². The van der Waals surface area contributed by atoms with Crippen molar-refractivity contribution in [3.63, 3.8) is 0 Å². The number of benzene rings is 1. The summed E-state index contributed by atoms with van der Waals surface area (Å²) in [5, 5.41) is 12.7. The lowest BCUT2D eigenvalue weighted by atomic mass is 10.1. The lowest BCUT2D eigenvalue weighted by Gasteiger charge is -2.16. The summed E-state index contributed by atoms with van der Waals surface area (Å²) >= 11 is 1.71. The number of nitriles is 1. The first-order valence-electron chi connectivity index (χ1n) is 6.34. The molecule has 1 aromatic carbocycles. The van der Waals surface area contributed by atoms with E-state index in [4.69, 9.17) is 5.73 Å². The van der Waals surface area contributed by atoms with Gasteiger partial charge in [0.15, 0.2) is 0 Å². The van der Waals surface area contributed by atoms with Crippen LogP contribution in [0.4, 0.5) is 5.69 Å². The van der Waals surface area contributed by atoms with E-state index in [0.29, 0.717) is 0 Å². The van der Waals surface area contributed by atoms with E-state index in [0.717, 1.165) is 35.0 Å². The van der Waals surface area contributed by atoms with Crippen molar-refractivity contribution in [2.24, 2.45) is 11.1 Å². The molecule has 1 aliphatic rings. The second kappa shape index (κ2) is 5.64. The monoisotopic (exact) mass is 261 g/mol. The minimum atomic E-state index is 0.278. The van der Waals surface area contributed by atoms with Crippen molar-refractivity contribution in [3.8, 4) is 6.07 Å². The number of nitrogens with zero attached hydrogens (tertiary/aromatic N) is 1. The Kier molecular flexibility index (Phi) is 4.15. The predicted octanol–water partition coefficient (Wildman–Crippen LogP) is 2.82. The lowest BCUT2D eigenvalue weighted by molar-refractivity contribution is 0.556. The van der Waals surface area contributed by atoms with Crippen LogP contribution in [-0.4, -0.2) is 18.8 Å². The molecule has 1 fully saturated rings. The van der Waals surface area contributed by atoms with Gasteiger partial charge in [-0.1, -0.05) is 13.0 Å². The molecule has 0 spiro atoms. The molecule has 1 saturated carbocycles. The van der Waals surface area contributed by atoms with Crippen LogP contribution in [0.3, 0.4) is 0 Å². The zero-order valence-electron chi connectivity index (χ0n) is 10.7. The van der Waals surface area contributed by atoms with Gasteiger partial charge in [0.2, 0.25) is 0 Å². The molecule has 1 aliphatic carbocycles. The van der Waals surface area contributed by atoms with Gasteiger partial charge in [-0.05, 0) is 42.7 Å². The normalized spacial score (nSPS) is 16.1. The van der Waals surface area contributed by atoms with Gasteiger partial charge in [-0.3, -0.25) is 0 Å². The third-order valence-electron chi connectivity index (χ3n) is 3.48. The van der Waals surface area contributed by atoms with Crippen molar-refractivity contribution >= 4 is 17.4 Å². The second-order valence-electron chi connectivity index (χ2n) is 4.78. The first kappa shape index (κ1) is 13.3. The van der Waals surface area contributed by atoms with Crippen LogP contribution in [0.1, 0.15) is 25.3 Å². The van der Waals surface area contributed by atoms with Gasteiger partial charge in [0.05, 0.1) is 11.3 Å². The predicted molar refractivity (Wildman–Crippen MR) is 76.8 cm³/mol. The maximum atomic E-state index is 9.30. The fourth-order valence-electron chi connectivity index (χ4n) is 1.98. The molecular weight excluding hydrogens is 242 g/mol. The zero-order chi connectivity index (χ0) is 13.0. The molecule has 96 valence electrons. The summed E-state index contributed by atoms with van der Waals surface area (Å²) in [5.74, 6) is 0.977. The molecule has 3 N–H and O–H groups in total. The molecule has 2 rings (SSSR count). The maximum absolute atomic E-state index is 9.30. The molecule has 0 amide bonds. The van der Waals surface area contributed by atoms with E-state index in [1.165, 1.54) is 12.8 Å². The van der Waals surface area contributed by atoms with E-state index >= 15 is 0 Å². The van der Waals surface area contributed by atoms with E-state index in [9.17, 15) is 5.26 Å². The minimum absolute atomic E-state index is 0.278. The van der Waals surface area contributed by atoms with Gasteiger partial charge in [0, 0.05) is 11.4 Å². The summed E-state index contributed by atoms with van der Waals surface area (Å²) in [4.78, 5) is 1.06. The molecule has 0 heterocycles. The van der Waals surface area contributed by atoms with Crippen molar-refractivity contribution < 1.29 is 0 Å². The number of thioether (sulfide) groups is 1. The van der Waals surface area contributed by atoms with Crippen molar-refractivity contribution in [2.45, 2.75) is 24.7 Å². The highest BCUT2D eigenvalue weighted by Crippen LogP contribution is 2.44. The number of hydrogen-bond donors (Lipinski definition) is 2. The number of nitrogens with two attached hydrogens (primary N) is 1. The van der Waals surface area contributed by atoms with Crippen LogP contribution in [0.15, 0.2) is 23.1 Å². The zero-order valence-corrected chi connectivity index (χ0v) is 11.5. The van der Waals surface area contributed by atoms with E-state index in [1.54, 1.807) is 11.8 Å². The Morgan fingerprint density at radius 1 is 1.50 bits per heavy atom. The lowest BCUT2D eigenvalue weighted by Crippen LogP contribution is -2.24. The van der Waals surface area contributed by atoms with Gasteiger partial charge in [0.1, 0.15) is 6.07 Å². The summed E-state index contributed by atoms with van der Waals surface area (Å²) in [6.45, 7) is 3.70. The van der Waals surface area contributed by atoms with Crippen molar-refractivity contribution in [2.75, 3.05) is 24.2 Å². The second-order valence-corrected chi connectivity index (χ2v) is 6.09. The third-order valence-corrected chi connectivity index (χ3v) is 4.42. The Hall–Kier alpha value is -1.18. The molecule has 0 aliphatic heterocycles. The standard InChI is InChI=1S/C14H19N3S/c1-2-18-13-5-3-4-12(11(13)8-15)17-10-14(9-16)6-7-14/h3-5,17H,2,6-7,9-10,16H2,1H3. The summed E-state index contributed by atoms with van der Waals surface area (Å²) < 4.78 is 0. The molecule has 0 unspecified atom stereocenters. The van der Waals surface area contributed by atoms with Gasteiger partial charge < -0.3 is 11.1 Å². The topological polar surface area (TPSA) is 61.8 Å². The Bertz CT molecular complexity index is 461. The minimum Gasteiger partial charge on any atom is -0.383 e. The quantitative estimate of drug-likeness (QED) is 0.773. The fourth-order valence-corrected chi connectivity index (χ4v) is 2.77. The van der Waals surface area contributed by atoms with Crippen LogP contribution in [0.2, 0.25) is 0 Å². The molecule has 3 nitrogen and oxygen atoms in total. The van der Waals surface area contributed by atoms with Gasteiger partial charge in [-0.25, -0.2) is 0 Å². The fraction of sp³-hybridized carbons (Fsp3) is 0.500. The van der Waals surface area contributed by atoms with E-state index in [2.05, 4.69) is 18.3 Å². The van der Waals surface area contributed by atoms with Crippen LogP contribution in [0.25, 0.3) is 0 Å². The summed E-state index contributed by atoms with van der Waals surface area (Å²) in [5.41, 5.74) is 7.75. The third kappa shape index (κ3) is 2.80. The Labute approximate surface area is 113 Å². The SMILES string of the molecule is CCSc1cccc(NCC2(CN)CC2)c1C#N. The van der Waals surface area contributed by atoms with Crippen molar-refractivity contribution in [1.82, 2.24) is 0 Å². The van der Waals surface area contributed by atoms with E-state index in [1.807, 2.05) is 18.2 Å². The molecular formula is C14H19N3S. The van der Waals surface area contributed by atoms with Gasteiger partial charge in [-0.15, -0.1) is 11.8 Å². The molecule has 0 atom stereocenters. The molecule has 0 radical (unpaired) electrons. The van der Waals surface area contributed by atoms with E-state index < -0.39 is 0 Å². The van der Waals surface area contributed by atoms with Gasteiger partial charge >= 0.3 is 0 Å². The Morgan fingerprint density at radius 2 is 2.28 bits per heavy atom. The van der Waals surface area contributed by atoms with Crippen LogP contribution >= 0.6 is 11.8 Å². The first-order valence-corrected chi connectivity index (χ1v) is 7.33. The van der Waals surface area contributed by atoms with Crippen molar-refractivity contribution in [3.05, 3.63) is 23.8 Å². The highest BCUT2D eigenvalue weighted by Gasteiger charge is 2.40. The summed E-state index contributed by atoms with van der Waals surface area (Å²) in [6.07, 6.45) is 2.39. The molecule has 0 bridgehead atoms. The smallest absolute Gasteiger partial charge is 0.102 e. The molecule has 0 saturated heterocycles. The molecule has 4 heteroatoms. The Balaban J connectivity index is 2.12. The average Bonchev–Trinajstić information content (AvgIpc) is 3.17. The molecule has 18 heavy (non-hydrogen) atoms. The number of anilines is 1. The number of rotatable bonds is 6. The highest BCUT2D eigenvalue weighted by molar-refractivity contribution is 7.99. The molecule has 0 aromatic heterocycles. The molecule has 1 aromatic rings. The maximum Gasteiger partial charge on any atom is 0.102 e.